The Balaban J connectivity index is 1.51. The van der Waals surface area contributed by atoms with Crippen LogP contribution in [0.5, 0.6) is 0 Å². The van der Waals surface area contributed by atoms with Crippen LogP contribution in [0.1, 0.15) is 47.8 Å². The number of rotatable bonds is 4. The van der Waals surface area contributed by atoms with Crippen molar-refractivity contribution in [3.63, 3.8) is 0 Å². The summed E-state index contributed by atoms with van der Waals surface area (Å²) in [6, 6.07) is 6.68. The summed E-state index contributed by atoms with van der Waals surface area (Å²) in [5, 5.41) is 3.16. The van der Waals surface area contributed by atoms with Gasteiger partial charge in [-0.1, -0.05) is 6.92 Å². The number of carbonyl (C=O) groups is 1. The van der Waals surface area contributed by atoms with Crippen molar-refractivity contribution in [1.82, 2.24) is 0 Å². The number of carbonyl (C=O) groups excluding carboxylic acids is 1. The Labute approximate surface area is 167 Å². The Morgan fingerprint density at radius 3 is 2.62 bits per heavy atom. The fourth-order valence-corrected chi connectivity index (χ4v) is 5.55. The lowest BCUT2D eigenvalue weighted by molar-refractivity contribution is -0.117. The van der Waals surface area contributed by atoms with Crippen LogP contribution in [-0.2, 0) is 17.8 Å². The van der Waals surface area contributed by atoms with Gasteiger partial charge < -0.3 is 10.2 Å². The summed E-state index contributed by atoms with van der Waals surface area (Å²) in [6.07, 6.45) is 4.08. The Bertz CT molecular complexity index is 846. The van der Waals surface area contributed by atoms with E-state index in [1.54, 1.807) is 0 Å². The van der Waals surface area contributed by atoms with Crippen LogP contribution in [-0.4, -0.2) is 12.5 Å². The number of amides is 1. The minimum Gasteiger partial charge on any atom is -0.367 e. The summed E-state index contributed by atoms with van der Waals surface area (Å²) in [5.74, 6) is 0.148. The third-order valence-corrected chi connectivity index (χ3v) is 7.41. The molecule has 2 aliphatic rings. The highest BCUT2D eigenvalue weighted by atomic mass is 79.9. The van der Waals surface area contributed by atoms with Gasteiger partial charge in [-0.05, 0) is 89.3 Å². The molecule has 1 fully saturated rings. The maximum absolute atomic E-state index is 12.4. The highest BCUT2D eigenvalue weighted by molar-refractivity contribution is 9.11. The molecule has 1 aliphatic carbocycles. The quantitative estimate of drug-likeness (QED) is 0.659. The molecule has 1 aromatic heterocycles. The number of nitrogens with zero attached hydrogens (tertiary/aromatic N) is 1. The van der Waals surface area contributed by atoms with E-state index in [9.17, 15) is 4.79 Å². The summed E-state index contributed by atoms with van der Waals surface area (Å²) in [6.45, 7) is 8.40. The number of hydrogen-bond acceptors (Lipinski definition) is 3. The van der Waals surface area contributed by atoms with E-state index in [-0.39, 0.29) is 11.3 Å². The molecular weight excluding hydrogens is 408 g/mol. The van der Waals surface area contributed by atoms with Crippen LogP contribution in [0.4, 0.5) is 11.4 Å². The lowest BCUT2D eigenvalue weighted by atomic mass is 10.0. The molecule has 3 nitrogen and oxygen atoms in total. The topological polar surface area (TPSA) is 32.3 Å². The van der Waals surface area contributed by atoms with E-state index < -0.39 is 0 Å². The lowest BCUT2D eigenvalue weighted by Crippen LogP contribution is -2.29. The van der Waals surface area contributed by atoms with Crippen LogP contribution in [0.15, 0.2) is 22.0 Å². The number of aryl methyl sites for hydroxylation is 2. The Kier molecular flexibility index (Phi) is 4.64. The fraction of sp³-hybridized carbons (Fsp3) is 0.476. The molecule has 26 heavy (non-hydrogen) atoms. The summed E-state index contributed by atoms with van der Waals surface area (Å²) < 4.78 is 1.22. The first-order valence-corrected chi connectivity index (χ1v) is 10.9. The highest BCUT2D eigenvalue weighted by Crippen LogP contribution is 2.48. The van der Waals surface area contributed by atoms with E-state index in [1.807, 2.05) is 11.3 Å². The van der Waals surface area contributed by atoms with Gasteiger partial charge in [0.2, 0.25) is 5.91 Å². The predicted octanol–water partition coefficient (Wildman–Crippen LogP) is 5.82. The second kappa shape index (κ2) is 6.68. The van der Waals surface area contributed by atoms with Gasteiger partial charge in [-0.2, -0.15) is 0 Å². The minimum atomic E-state index is 0.148. The summed E-state index contributed by atoms with van der Waals surface area (Å²) in [7, 11) is 0. The van der Waals surface area contributed by atoms with Crippen LogP contribution in [0.3, 0.4) is 0 Å². The van der Waals surface area contributed by atoms with Gasteiger partial charge >= 0.3 is 0 Å². The van der Waals surface area contributed by atoms with Crippen molar-refractivity contribution in [1.29, 1.82) is 0 Å². The molecule has 1 aromatic carbocycles. The van der Waals surface area contributed by atoms with Crippen molar-refractivity contribution >= 4 is 44.5 Å². The molecule has 2 heterocycles. The molecule has 138 valence electrons. The Morgan fingerprint density at radius 1 is 1.27 bits per heavy atom. The molecule has 2 aromatic rings. The van der Waals surface area contributed by atoms with Gasteiger partial charge in [-0.3, -0.25) is 4.79 Å². The monoisotopic (exact) mass is 432 g/mol. The van der Waals surface area contributed by atoms with Gasteiger partial charge in [-0.15, -0.1) is 11.3 Å². The maximum Gasteiger partial charge on any atom is 0.224 e. The van der Waals surface area contributed by atoms with Gasteiger partial charge in [0.25, 0.3) is 0 Å². The SMILES string of the molecule is Cc1cc(N2CCc3sc(Br)cc3C2)cc(C)c1NC(=O)CC1(C)CC1. The first-order chi connectivity index (χ1) is 12.3. The van der Waals surface area contributed by atoms with Gasteiger partial charge in [0, 0.05) is 35.8 Å². The zero-order valence-corrected chi connectivity index (χ0v) is 18.0. The zero-order valence-electron chi connectivity index (χ0n) is 15.6. The number of thiophene rings is 1. The van der Waals surface area contributed by atoms with Crippen molar-refractivity contribution < 1.29 is 4.79 Å². The van der Waals surface area contributed by atoms with Gasteiger partial charge in [0.05, 0.1) is 3.79 Å². The van der Waals surface area contributed by atoms with Crippen molar-refractivity contribution in [3.8, 4) is 0 Å². The van der Waals surface area contributed by atoms with E-state index in [4.69, 9.17) is 0 Å². The van der Waals surface area contributed by atoms with Crippen LogP contribution in [0.2, 0.25) is 0 Å². The van der Waals surface area contributed by atoms with Crippen LogP contribution < -0.4 is 10.2 Å². The summed E-state index contributed by atoms with van der Waals surface area (Å²) in [4.78, 5) is 16.3. The fourth-order valence-electron chi connectivity index (χ4n) is 3.80. The van der Waals surface area contributed by atoms with E-state index in [0.717, 1.165) is 36.3 Å². The van der Waals surface area contributed by atoms with E-state index >= 15 is 0 Å². The van der Waals surface area contributed by atoms with E-state index in [0.29, 0.717) is 6.42 Å². The molecule has 1 aliphatic heterocycles. The highest BCUT2D eigenvalue weighted by Gasteiger charge is 2.39. The molecule has 0 saturated heterocycles. The molecule has 1 N–H and O–H groups in total. The number of hydrogen-bond donors (Lipinski definition) is 1. The molecule has 0 radical (unpaired) electrons. The number of nitrogens with one attached hydrogen (secondary N) is 1. The second-order valence-electron chi connectivity index (χ2n) is 8.16. The Hall–Kier alpha value is -1.33. The Morgan fingerprint density at radius 2 is 1.96 bits per heavy atom. The van der Waals surface area contributed by atoms with Gasteiger partial charge in [-0.25, -0.2) is 0 Å². The first-order valence-electron chi connectivity index (χ1n) is 9.26. The number of halogens is 1. The summed E-state index contributed by atoms with van der Waals surface area (Å²) in [5.41, 5.74) is 6.20. The molecule has 5 heteroatoms. The summed E-state index contributed by atoms with van der Waals surface area (Å²) >= 11 is 5.46. The number of benzene rings is 1. The lowest BCUT2D eigenvalue weighted by Gasteiger charge is -2.30. The van der Waals surface area contributed by atoms with Crippen molar-refractivity contribution in [2.45, 2.75) is 53.0 Å². The first kappa shape index (κ1) is 18.1. The molecule has 1 saturated carbocycles. The van der Waals surface area contributed by atoms with Crippen LogP contribution in [0, 0.1) is 19.3 Å². The molecule has 0 bridgehead atoms. The predicted molar refractivity (Wildman–Crippen MR) is 113 cm³/mol. The van der Waals surface area contributed by atoms with Crippen molar-refractivity contribution in [2.24, 2.45) is 5.41 Å². The average Bonchev–Trinajstić information content (AvgIpc) is 3.16. The normalized spacial score (nSPS) is 17.8. The molecule has 0 atom stereocenters. The van der Waals surface area contributed by atoms with Crippen molar-refractivity contribution in [3.05, 3.63) is 43.6 Å². The van der Waals surface area contributed by atoms with Crippen molar-refractivity contribution in [2.75, 3.05) is 16.8 Å². The molecular formula is C21H25BrN2OS. The van der Waals surface area contributed by atoms with Crippen LogP contribution in [0.25, 0.3) is 0 Å². The van der Waals surface area contributed by atoms with E-state index in [2.05, 4.69) is 65.1 Å². The molecule has 0 spiro atoms. The molecule has 1 amide bonds. The third-order valence-electron chi connectivity index (χ3n) is 5.67. The zero-order chi connectivity index (χ0) is 18.5. The van der Waals surface area contributed by atoms with Gasteiger partial charge in [0.1, 0.15) is 0 Å². The third kappa shape index (κ3) is 3.70. The van der Waals surface area contributed by atoms with Gasteiger partial charge in [0.15, 0.2) is 0 Å². The minimum absolute atomic E-state index is 0.148. The average molecular weight is 433 g/mol. The molecule has 0 unspecified atom stereocenters. The number of anilines is 2. The second-order valence-corrected chi connectivity index (χ2v) is 10.7. The maximum atomic E-state index is 12.4. The van der Waals surface area contributed by atoms with E-state index in [1.165, 1.54) is 32.8 Å². The standard InChI is InChI=1S/C21H25BrN2OS/c1-13-8-16(24-7-4-17-15(12-24)10-18(22)26-17)9-14(2)20(13)23-19(25)11-21(3)5-6-21/h8-10H,4-7,11-12H2,1-3H3,(H,23,25). The largest absolute Gasteiger partial charge is 0.367 e. The number of fused-ring (bicyclic) bond motifs is 1. The smallest absolute Gasteiger partial charge is 0.224 e. The van der Waals surface area contributed by atoms with Crippen LogP contribution >= 0.6 is 27.3 Å². The molecule has 4 rings (SSSR count).